The monoisotopic (exact) mass is 420 g/mol. The lowest BCUT2D eigenvalue weighted by Crippen LogP contribution is -2.46. The quantitative estimate of drug-likeness (QED) is 0.668. The number of aryl methyl sites for hydroxylation is 1. The molecule has 0 aliphatic heterocycles. The van der Waals surface area contributed by atoms with Crippen molar-refractivity contribution in [2.75, 3.05) is 11.9 Å². The Labute approximate surface area is 173 Å². The van der Waals surface area contributed by atoms with Gasteiger partial charge in [0.05, 0.1) is 5.69 Å². The van der Waals surface area contributed by atoms with Crippen LogP contribution >= 0.6 is 11.6 Å². The first kappa shape index (κ1) is 22.4. The number of benzene rings is 2. The number of ether oxygens (including phenoxy) is 1. The van der Waals surface area contributed by atoms with E-state index >= 15 is 0 Å². The van der Waals surface area contributed by atoms with Crippen LogP contribution in [0, 0.1) is 18.7 Å². The molecule has 2 amide bonds. The van der Waals surface area contributed by atoms with Crippen molar-refractivity contribution >= 4 is 35.1 Å². The molecule has 0 radical (unpaired) electrons. The van der Waals surface area contributed by atoms with Gasteiger partial charge in [-0.1, -0.05) is 43.6 Å². The van der Waals surface area contributed by atoms with E-state index in [1.807, 2.05) is 6.07 Å². The van der Waals surface area contributed by atoms with Crippen LogP contribution in [0.25, 0.3) is 0 Å². The van der Waals surface area contributed by atoms with Gasteiger partial charge in [-0.3, -0.25) is 9.59 Å². The number of halogens is 2. The van der Waals surface area contributed by atoms with Crippen LogP contribution in [0.3, 0.4) is 0 Å². The van der Waals surface area contributed by atoms with E-state index in [4.69, 9.17) is 16.3 Å². The smallest absolute Gasteiger partial charge is 0.329 e. The van der Waals surface area contributed by atoms with E-state index in [1.165, 1.54) is 12.1 Å². The van der Waals surface area contributed by atoms with Gasteiger partial charge in [0.15, 0.2) is 6.61 Å². The second kappa shape index (κ2) is 10.0. The van der Waals surface area contributed by atoms with Crippen LogP contribution in [0.1, 0.15) is 29.8 Å². The number of carbonyl (C=O) groups excluding carboxylic acids is 3. The minimum atomic E-state index is -0.946. The summed E-state index contributed by atoms with van der Waals surface area (Å²) in [4.78, 5) is 36.9. The van der Waals surface area contributed by atoms with E-state index in [9.17, 15) is 18.8 Å². The number of anilines is 1. The first-order valence-electron chi connectivity index (χ1n) is 8.97. The van der Waals surface area contributed by atoms with Gasteiger partial charge in [0.1, 0.15) is 11.9 Å². The van der Waals surface area contributed by atoms with Crippen molar-refractivity contribution in [1.29, 1.82) is 0 Å². The molecular formula is C21H22ClFN2O4. The molecule has 0 aliphatic rings. The highest BCUT2D eigenvalue weighted by atomic mass is 35.5. The van der Waals surface area contributed by atoms with Gasteiger partial charge >= 0.3 is 5.97 Å². The molecule has 0 saturated heterocycles. The zero-order valence-electron chi connectivity index (χ0n) is 16.3. The van der Waals surface area contributed by atoms with Gasteiger partial charge in [0, 0.05) is 10.6 Å². The molecule has 0 unspecified atom stereocenters. The predicted octanol–water partition coefficient (Wildman–Crippen LogP) is 3.72. The van der Waals surface area contributed by atoms with Gasteiger partial charge in [0.25, 0.3) is 11.8 Å². The molecule has 2 rings (SSSR count). The van der Waals surface area contributed by atoms with Crippen molar-refractivity contribution in [2.45, 2.75) is 26.8 Å². The molecule has 1 atom stereocenters. The zero-order valence-corrected chi connectivity index (χ0v) is 17.0. The van der Waals surface area contributed by atoms with Crippen LogP contribution in [0.15, 0.2) is 42.5 Å². The van der Waals surface area contributed by atoms with Gasteiger partial charge in [0.2, 0.25) is 0 Å². The Balaban J connectivity index is 1.97. The minimum Gasteiger partial charge on any atom is -0.454 e. The van der Waals surface area contributed by atoms with E-state index in [0.29, 0.717) is 5.56 Å². The Bertz CT molecular complexity index is 917. The third kappa shape index (κ3) is 6.29. The third-order valence-corrected chi connectivity index (χ3v) is 4.38. The van der Waals surface area contributed by atoms with E-state index in [2.05, 4.69) is 10.6 Å². The fourth-order valence-electron chi connectivity index (χ4n) is 2.55. The molecule has 2 aromatic carbocycles. The molecule has 29 heavy (non-hydrogen) atoms. The largest absolute Gasteiger partial charge is 0.454 e. The molecule has 154 valence electrons. The molecule has 0 aliphatic carbocycles. The molecule has 0 bridgehead atoms. The fraction of sp³-hybridized carbons (Fsp3) is 0.286. The van der Waals surface area contributed by atoms with E-state index < -0.39 is 36.2 Å². The Morgan fingerprint density at radius 2 is 1.83 bits per heavy atom. The SMILES string of the molecule is Cc1ccccc1C(=O)N[C@H](C(=O)OCC(=O)Nc1cc(Cl)ccc1F)C(C)C. The number of rotatable bonds is 7. The zero-order chi connectivity index (χ0) is 21.6. The van der Waals surface area contributed by atoms with Gasteiger partial charge < -0.3 is 15.4 Å². The van der Waals surface area contributed by atoms with Crippen molar-refractivity contribution in [2.24, 2.45) is 5.92 Å². The van der Waals surface area contributed by atoms with Crippen molar-refractivity contribution < 1.29 is 23.5 Å². The summed E-state index contributed by atoms with van der Waals surface area (Å²) in [5.74, 6) is -2.84. The summed E-state index contributed by atoms with van der Waals surface area (Å²) in [5, 5.41) is 5.17. The van der Waals surface area contributed by atoms with Gasteiger partial charge in [-0.15, -0.1) is 0 Å². The summed E-state index contributed by atoms with van der Waals surface area (Å²) in [7, 11) is 0. The number of hydrogen-bond acceptors (Lipinski definition) is 4. The maximum atomic E-state index is 13.7. The molecule has 8 heteroatoms. The van der Waals surface area contributed by atoms with Crippen LogP contribution < -0.4 is 10.6 Å². The van der Waals surface area contributed by atoms with Gasteiger partial charge in [-0.05, 0) is 42.7 Å². The molecular weight excluding hydrogens is 399 g/mol. The molecule has 2 aromatic rings. The maximum Gasteiger partial charge on any atom is 0.329 e. The van der Waals surface area contributed by atoms with Crippen LogP contribution in [0.4, 0.5) is 10.1 Å². The summed E-state index contributed by atoms with van der Waals surface area (Å²) in [6, 6.07) is 9.73. The summed E-state index contributed by atoms with van der Waals surface area (Å²) >= 11 is 5.77. The Kier molecular flexibility index (Phi) is 7.73. The lowest BCUT2D eigenvalue weighted by atomic mass is 10.0. The molecule has 0 heterocycles. The Morgan fingerprint density at radius 3 is 2.48 bits per heavy atom. The molecule has 6 nitrogen and oxygen atoms in total. The summed E-state index contributed by atoms with van der Waals surface area (Å²) < 4.78 is 18.7. The molecule has 0 saturated carbocycles. The first-order valence-corrected chi connectivity index (χ1v) is 9.35. The fourth-order valence-corrected chi connectivity index (χ4v) is 2.72. The van der Waals surface area contributed by atoms with Crippen LogP contribution in [-0.2, 0) is 14.3 Å². The Morgan fingerprint density at radius 1 is 1.14 bits per heavy atom. The average Bonchev–Trinajstić information content (AvgIpc) is 2.67. The summed E-state index contributed by atoms with van der Waals surface area (Å²) in [6.45, 7) is 4.64. The topological polar surface area (TPSA) is 84.5 Å². The van der Waals surface area contributed by atoms with Crippen molar-refractivity contribution in [1.82, 2.24) is 5.32 Å². The Hall–Kier alpha value is -2.93. The number of carbonyl (C=O) groups is 3. The van der Waals surface area contributed by atoms with E-state index in [0.717, 1.165) is 11.6 Å². The van der Waals surface area contributed by atoms with Crippen LogP contribution in [-0.4, -0.2) is 30.4 Å². The third-order valence-electron chi connectivity index (χ3n) is 4.14. The summed E-state index contributed by atoms with van der Waals surface area (Å²) in [5.41, 5.74) is 1.09. The second-order valence-corrected chi connectivity index (χ2v) is 7.23. The lowest BCUT2D eigenvalue weighted by molar-refractivity contribution is -0.150. The number of hydrogen-bond donors (Lipinski definition) is 2. The molecule has 0 fully saturated rings. The summed E-state index contributed by atoms with van der Waals surface area (Å²) in [6.07, 6.45) is 0. The number of esters is 1. The molecule has 2 N–H and O–H groups in total. The van der Waals surface area contributed by atoms with Crippen LogP contribution in [0.2, 0.25) is 5.02 Å². The van der Waals surface area contributed by atoms with Crippen LogP contribution in [0.5, 0.6) is 0 Å². The highest BCUT2D eigenvalue weighted by molar-refractivity contribution is 6.30. The predicted molar refractivity (Wildman–Crippen MR) is 108 cm³/mol. The van der Waals surface area contributed by atoms with Crippen molar-refractivity contribution in [3.8, 4) is 0 Å². The molecule has 0 spiro atoms. The highest BCUT2D eigenvalue weighted by Gasteiger charge is 2.27. The maximum absolute atomic E-state index is 13.7. The standard InChI is InChI=1S/C21H22ClFN2O4/c1-12(2)19(25-20(27)15-7-5-4-6-13(15)3)21(28)29-11-18(26)24-17-10-14(22)8-9-16(17)23/h4-10,12,19H,11H2,1-3H3,(H,24,26)(H,25,27)/t19-/m0/s1. The number of amides is 2. The lowest BCUT2D eigenvalue weighted by Gasteiger charge is -2.21. The van der Waals surface area contributed by atoms with Crippen molar-refractivity contribution in [3.63, 3.8) is 0 Å². The average molecular weight is 421 g/mol. The van der Waals surface area contributed by atoms with E-state index in [1.54, 1.807) is 39.0 Å². The van der Waals surface area contributed by atoms with Gasteiger partial charge in [-0.2, -0.15) is 0 Å². The normalized spacial score (nSPS) is 11.7. The van der Waals surface area contributed by atoms with Crippen molar-refractivity contribution in [3.05, 3.63) is 64.4 Å². The second-order valence-electron chi connectivity index (χ2n) is 6.79. The highest BCUT2D eigenvalue weighted by Crippen LogP contribution is 2.19. The first-order chi connectivity index (χ1) is 13.7. The molecule has 0 aromatic heterocycles. The van der Waals surface area contributed by atoms with Gasteiger partial charge in [-0.25, -0.2) is 9.18 Å². The number of nitrogens with one attached hydrogen (secondary N) is 2. The van der Waals surface area contributed by atoms with E-state index in [-0.39, 0.29) is 16.6 Å². The minimum absolute atomic E-state index is 0.119.